The Morgan fingerprint density at radius 2 is 1.92 bits per heavy atom. The smallest absolute Gasteiger partial charge is 0.475 e. The molecule has 36 heavy (non-hydrogen) atoms. The minimum absolute atomic E-state index is 0.0377. The van der Waals surface area contributed by atoms with E-state index in [1.807, 2.05) is 0 Å². The first-order valence-corrected chi connectivity index (χ1v) is 10.1. The van der Waals surface area contributed by atoms with Crippen LogP contribution in [-0.4, -0.2) is 56.9 Å². The molecular formula is C21H20F5N5O5. The Balaban J connectivity index is 0.000000572. The summed E-state index contributed by atoms with van der Waals surface area (Å²) >= 11 is 0. The molecule has 0 aliphatic carbocycles. The van der Waals surface area contributed by atoms with Gasteiger partial charge < -0.3 is 20.9 Å². The Bertz CT molecular complexity index is 1330. The molecule has 0 saturated carbocycles. The van der Waals surface area contributed by atoms with E-state index in [0.717, 1.165) is 17.0 Å². The van der Waals surface area contributed by atoms with E-state index in [0.29, 0.717) is 18.4 Å². The maximum Gasteiger partial charge on any atom is 0.490 e. The molecule has 0 fully saturated rings. The largest absolute Gasteiger partial charge is 0.490 e. The molecule has 0 spiro atoms. The number of carboxylic acids is 1. The minimum Gasteiger partial charge on any atom is -0.475 e. The van der Waals surface area contributed by atoms with Gasteiger partial charge in [0, 0.05) is 24.8 Å². The first kappa shape index (κ1) is 28.1. The second-order valence-electron chi connectivity index (χ2n) is 7.15. The van der Waals surface area contributed by atoms with Gasteiger partial charge in [-0.05, 0) is 26.0 Å². The van der Waals surface area contributed by atoms with Crippen LogP contribution in [0.3, 0.4) is 0 Å². The number of carboxylic acid groups (broad SMARTS) is 1. The number of alkyl halides is 3. The van der Waals surface area contributed by atoms with Gasteiger partial charge in [-0.2, -0.15) is 13.2 Å². The van der Waals surface area contributed by atoms with E-state index in [9.17, 15) is 31.5 Å². The number of nitrogens with zero attached hydrogens (tertiary/aromatic N) is 3. The number of fused-ring (bicyclic) bond motifs is 1. The van der Waals surface area contributed by atoms with Crippen LogP contribution in [0.5, 0.6) is 0 Å². The summed E-state index contributed by atoms with van der Waals surface area (Å²) in [6.07, 6.45) is -3.17. The van der Waals surface area contributed by atoms with Crippen molar-refractivity contribution in [1.82, 2.24) is 14.5 Å². The van der Waals surface area contributed by atoms with Crippen LogP contribution in [0.1, 0.15) is 24.2 Å². The molecule has 0 bridgehead atoms. The Labute approximate surface area is 199 Å². The van der Waals surface area contributed by atoms with Gasteiger partial charge in [-0.3, -0.25) is 9.36 Å². The number of anilines is 1. The van der Waals surface area contributed by atoms with Crippen LogP contribution in [-0.2, 0) is 9.53 Å². The molecule has 1 atom stereocenters. The summed E-state index contributed by atoms with van der Waals surface area (Å²) in [6, 6.07) is 3.49. The Kier molecular flexibility index (Phi) is 9.00. The second kappa shape index (κ2) is 11.5. The van der Waals surface area contributed by atoms with Crippen molar-refractivity contribution in [2.75, 3.05) is 18.5 Å². The number of ether oxygens (including phenoxy) is 1. The highest BCUT2D eigenvalue weighted by Gasteiger charge is 2.38. The number of rotatable bonds is 6. The van der Waals surface area contributed by atoms with Crippen molar-refractivity contribution in [1.29, 1.82) is 0 Å². The number of hydrogen-bond acceptors (Lipinski definition) is 8. The summed E-state index contributed by atoms with van der Waals surface area (Å²) in [7, 11) is 0. The highest BCUT2D eigenvalue weighted by molar-refractivity contribution is 5.93. The molecule has 0 radical (unpaired) electrons. The van der Waals surface area contributed by atoms with Gasteiger partial charge in [-0.15, -0.1) is 0 Å². The second-order valence-corrected chi connectivity index (χ2v) is 7.15. The van der Waals surface area contributed by atoms with E-state index in [1.165, 1.54) is 6.07 Å². The molecule has 3 heterocycles. The lowest BCUT2D eigenvalue weighted by molar-refractivity contribution is -0.192. The lowest BCUT2D eigenvalue weighted by Gasteiger charge is -2.14. The fourth-order valence-electron chi connectivity index (χ4n) is 2.67. The molecule has 0 aliphatic heterocycles. The van der Waals surface area contributed by atoms with Gasteiger partial charge in [0.1, 0.15) is 17.2 Å². The number of esters is 1. The summed E-state index contributed by atoms with van der Waals surface area (Å²) in [5.41, 5.74) is 4.82. The molecule has 0 aromatic carbocycles. The molecule has 3 aromatic heterocycles. The average Bonchev–Trinajstić information content (AvgIpc) is 2.78. The Morgan fingerprint density at radius 1 is 1.28 bits per heavy atom. The molecule has 194 valence electrons. The third kappa shape index (κ3) is 6.94. The lowest BCUT2D eigenvalue weighted by Crippen LogP contribution is -2.26. The van der Waals surface area contributed by atoms with Crippen LogP contribution in [0.2, 0.25) is 0 Å². The van der Waals surface area contributed by atoms with Crippen LogP contribution >= 0.6 is 0 Å². The van der Waals surface area contributed by atoms with Crippen molar-refractivity contribution in [3.05, 3.63) is 58.0 Å². The maximum atomic E-state index is 14.4. The first-order chi connectivity index (χ1) is 16.8. The van der Waals surface area contributed by atoms with E-state index in [-0.39, 0.29) is 35.1 Å². The van der Waals surface area contributed by atoms with Gasteiger partial charge in [0.25, 0.3) is 0 Å². The quantitative estimate of drug-likeness (QED) is 0.331. The van der Waals surface area contributed by atoms with Crippen molar-refractivity contribution in [2.45, 2.75) is 26.1 Å². The number of hydrogen-bond donors (Lipinski definition) is 3. The van der Waals surface area contributed by atoms with Gasteiger partial charge >= 0.3 is 18.1 Å². The predicted molar refractivity (Wildman–Crippen MR) is 117 cm³/mol. The van der Waals surface area contributed by atoms with Crippen LogP contribution < -0.4 is 16.5 Å². The SMILES string of the molecule is CCOC(=O)c1cn(-c2ncc(F)cc2F)c2nc(NCC(C)N)ccc2c1=O.O=C(O)C(F)(F)F. The summed E-state index contributed by atoms with van der Waals surface area (Å²) < 4.78 is 65.5. The Hall–Kier alpha value is -4.14. The van der Waals surface area contributed by atoms with Crippen molar-refractivity contribution >= 4 is 28.8 Å². The maximum absolute atomic E-state index is 14.4. The normalized spacial score (nSPS) is 11.9. The van der Waals surface area contributed by atoms with E-state index < -0.39 is 35.2 Å². The summed E-state index contributed by atoms with van der Waals surface area (Å²) in [6.45, 7) is 3.86. The first-order valence-electron chi connectivity index (χ1n) is 10.1. The van der Waals surface area contributed by atoms with Gasteiger partial charge in [-0.25, -0.2) is 28.3 Å². The fraction of sp³-hybridized carbons (Fsp3) is 0.286. The number of nitrogens with one attached hydrogen (secondary N) is 1. The van der Waals surface area contributed by atoms with Crippen LogP contribution in [0.15, 0.2) is 35.4 Å². The Morgan fingerprint density at radius 3 is 2.44 bits per heavy atom. The number of aromatic nitrogens is 3. The molecule has 10 nitrogen and oxygen atoms in total. The highest BCUT2D eigenvalue weighted by atomic mass is 19.4. The van der Waals surface area contributed by atoms with E-state index in [1.54, 1.807) is 19.9 Å². The third-order valence-electron chi connectivity index (χ3n) is 4.21. The molecule has 0 amide bonds. The van der Waals surface area contributed by atoms with Crippen LogP contribution in [0, 0.1) is 11.6 Å². The summed E-state index contributed by atoms with van der Waals surface area (Å²) in [5.74, 6) is -5.41. The standard InChI is InChI=1S/C19H19F2N5O3.C2HF3O2/c1-3-29-19(28)13-9-26(18-14(21)6-11(20)8-24-18)17-12(16(13)27)4-5-15(25-17)23-7-10(2)22;3-2(4,5)1(6)7/h4-6,8-10H,3,7,22H2,1-2H3,(H,23,25);(H,6,7). The fourth-order valence-corrected chi connectivity index (χ4v) is 2.67. The predicted octanol–water partition coefficient (Wildman–Crippen LogP) is 2.63. The topological polar surface area (TPSA) is 149 Å². The molecule has 0 saturated heterocycles. The lowest BCUT2D eigenvalue weighted by atomic mass is 10.2. The number of halogens is 5. The highest BCUT2D eigenvalue weighted by Crippen LogP contribution is 2.20. The number of aliphatic carboxylic acids is 1. The molecule has 3 aromatic rings. The van der Waals surface area contributed by atoms with Crippen LogP contribution in [0.25, 0.3) is 16.9 Å². The van der Waals surface area contributed by atoms with Gasteiger partial charge in [0.2, 0.25) is 5.43 Å². The molecule has 15 heteroatoms. The van der Waals surface area contributed by atoms with Gasteiger partial charge in [0.05, 0.1) is 18.2 Å². The summed E-state index contributed by atoms with van der Waals surface area (Å²) in [5, 5.41) is 10.2. The molecule has 3 rings (SSSR count). The zero-order valence-corrected chi connectivity index (χ0v) is 18.8. The number of nitrogens with two attached hydrogens (primary N) is 1. The van der Waals surface area contributed by atoms with Crippen molar-refractivity contribution in [2.24, 2.45) is 5.73 Å². The van der Waals surface area contributed by atoms with Crippen molar-refractivity contribution < 1.29 is 41.4 Å². The van der Waals surface area contributed by atoms with Crippen molar-refractivity contribution in [3.63, 3.8) is 0 Å². The number of carbonyl (C=O) groups is 2. The van der Waals surface area contributed by atoms with E-state index in [4.69, 9.17) is 20.4 Å². The van der Waals surface area contributed by atoms with Gasteiger partial charge in [0.15, 0.2) is 17.3 Å². The molecular weight excluding hydrogens is 497 g/mol. The van der Waals surface area contributed by atoms with Gasteiger partial charge in [-0.1, -0.05) is 0 Å². The molecule has 4 N–H and O–H groups in total. The molecule has 1 unspecified atom stereocenters. The summed E-state index contributed by atoms with van der Waals surface area (Å²) in [4.78, 5) is 42.0. The third-order valence-corrected chi connectivity index (χ3v) is 4.21. The van der Waals surface area contributed by atoms with Crippen molar-refractivity contribution in [3.8, 4) is 5.82 Å². The number of pyridine rings is 3. The minimum atomic E-state index is -5.08. The zero-order valence-electron chi connectivity index (χ0n) is 18.8. The zero-order chi connectivity index (χ0) is 27.2. The average molecular weight is 517 g/mol. The van der Waals surface area contributed by atoms with E-state index in [2.05, 4.69) is 15.3 Å². The number of carbonyl (C=O) groups excluding carboxylic acids is 1. The monoisotopic (exact) mass is 517 g/mol. The van der Waals surface area contributed by atoms with E-state index >= 15 is 0 Å². The van der Waals surface area contributed by atoms with Crippen LogP contribution in [0.4, 0.5) is 27.8 Å². The molecule has 0 aliphatic rings.